The number of hydrogen-bond donors (Lipinski definition) is 2. The van der Waals surface area contributed by atoms with Crippen LogP contribution in [-0.2, 0) is 13.0 Å². The van der Waals surface area contributed by atoms with E-state index < -0.39 is 0 Å². The highest BCUT2D eigenvalue weighted by Gasteiger charge is 2.05. The van der Waals surface area contributed by atoms with Gasteiger partial charge in [-0.1, -0.05) is 19.1 Å². The Morgan fingerprint density at radius 3 is 3.00 bits per heavy atom. The van der Waals surface area contributed by atoms with E-state index in [-0.39, 0.29) is 6.04 Å². The lowest BCUT2D eigenvalue weighted by Crippen LogP contribution is -2.21. The summed E-state index contributed by atoms with van der Waals surface area (Å²) < 4.78 is 2.01. The minimum absolute atomic E-state index is 0.175. The van der Waals surface area contributed by atoms with Crippen molar-refractivity contribution in [3.8, 4) is 5.75 Å². The number of benzene rings is 1. The Bertz CT molecular complexity index is 507. The third kappa shape index (κ3) is 3.34. The molecule has 0 saturated carbocycles. The van der Waals surface area contributed by atoms with E-state index in [0.717, 1.165) is 24.1 Å². The summed E-state index contributed by atoms with van der Waals surface area (Å²) in [5, 5.41) is 9.41. The molecule has 3 N–H and O–H groups in total. The molecule has 2 rings (SSSR count). The van der Waals surface area contributed by atoms with Gasteiger partial charge in [0.2, 0.25) is 0 Å². The Morgan fingerprint density at radius 2 is 2.28 bits per heavy atom. The maximum Gasteiger partial charge on any atom is 0.115 e. The van der Waals surface area contributed by atoms with E-state index in [0.29, 0.717) is 12.3 Å². The third-order valence-corrected chi connectivity index (χ3v) is 2.96. The monoisotopic (exact) mass is 245 g/mol. The number of phenolic OH excluding ortho intramolecular Hbond substituents is 1. The quantitative estimate of drug-likeness (QED) is 0.845. The Morgan fingerprint density at radius 1 is 1.44 bits per heavy atom. The zero-order valence-electron chi connectivity index (χ0n) is 10.6. The molecule has 0 amide bonds. The molecule has 96 valence electrons. The summed E-state index contributed by atoms with van der Waals surface area (Å²) in [5.41, 5.74) is 7.98. The summed E-state index contributed by atoms with van der Waals surface area (Å²) in [6.07, 6.45) is 5.59. The molecule has 0 aliphatic heterocycles. The topological polar surface area (TPSA) is 64.1 Å². The first kappa shape index (κ1) is 12.6. The van der Waals surface area contributed by atoms with Crippen LogP contribution in [0.1, 0.15) is 24.6 Å². The van der Waals surface area contributed by atoms with Crippen molar-refractivity contribution in [3.05, 3.63) is 48.0 Å². The van der Waals surface area contributed by atoms with Gasteiger partial charge in [-0.05, 0) is 24.1 Å². The van der Waals surface area contributed by atoms with Gasteiger partial charge in [0, 0.05) is 25.2 Å². The average Bonchev–Trinajstić information content (AvgIpc) is 2.76. The summed E-state index contributed by atoms with van der Waals surface area (Å²) in [6, 6.07) is 7.43. The fraction of sp³-hybridized carbons (Fsp3) is 0.357. The molecule has 1 aromatic carbocycles. The number of phenols is 1. The minimum atomic E-state index is 0.175. The van der Waals surface area contributed by atoms with Gasteiger partial charge in [-0.2, -0.15) is 0 Å². The molecule has 4 heteroatoms. The van der Waals surface area contributed by atoms with Gasteiger partial charge < -0.3 is 15.4 Å². The van der Waals surface area contributed by atoms with Gasteiger partial charge in [-0.3, -0.25) is 0 Å². The van der Waals surface area contributed by atoms with E-state index in [2.05, 4.69) is 11.9 Å². The predicted molar refractivity (Wildman–Crippen MR) is 71.4 cm³/mol. The molecule has 4 nitrogen and oxygen atoms in total. The van der Waals surface area contributed by atoms with Crippen molar-refractivity contribution in [3.63, 3.8) is 0 Å². The third-order valence-electron chi connectivity index (χ3n) is 2.96. The lowest BCUT2D eigenvalue weighted by atomic mass is 10.1. The normalized spacial score (nSPS) is 12.6. The molecule has 0 bridgehead atoms. The lowest BCUT2D eigenvalue weighted by Gasteiger charge is -2.05. The Labute approximate surface area is 107 Å². The van der Waals surface area contributed by atoms with Crippen LogP contribution in [-0.4, -0.2) is 20.7 Å². The van der Waals surface area contributed by atoms with Gasteiger partial charge in [0.05, 0.1) is 12.0 Å². The largest absolute Gasteiger partial charge is 0.508 e. The first-order chi connectivity index (χ1) is 8.67. The SMILES string of the molecule is CCC(N)Cc1cn(Cc2cccc(O)c2)cn1. The predicted octanol–water partition coefficient (Wildman–Crippen LogP) is 1.92. The lowest BCUT2D eigenvalue weighted by molar-refractivity contribution is 0.474. The van der Waals surface area contributed by atoms with Crippen molar-refractivity contribution in [2.24, 2.45) is 5.73 Å². The molecular weight excluding hydrogens is 226 g/mol. The van der Waals surface area contributed by atoms with E-state index in [4.69, 9.17) is 5.73 Å². The highest BCUT2D eigenvalue weighted by Crippen LogP contribution is 2.12. The molecule has 18 heavy (non-hydrogen) atoms. The van der Waals surface area contributed by atoms with Crippen molar-refractivity contribution in [2.75, 3.05) is 0 Å². The summed E-state index contributed by atoms with van der Waals surface area (Å²) >= 11 is 0. The van der Waals surface area contributed by atoms with Crippen LogP contribution in [0.25, 0.3) is 0 Å². The van der Waals surface area contributed by atoms with Gasteiger partial charge in [-0.15, -0.1) is 0 Å². The molecule has 2 aromatic rings. The van der Waals surface area contributed by atoms with Crippen LogP contribution in [0.4, 0.5) is 0 Å². The summed E-state index contributed by atoms with van der Waals surface area (Å²) in [5.74, 6) is 0.292. The van der Waals surface area contributed by atoms with Crippen LogP contribution in [0.2, 0.25) is 0 Å². The van der Waals surface area contributed by atoms with Crippen molar-refractivity contribution < 1.29 is 5.11 Å². The number of nitrogens with zero attached hydrogens (tertiary/aromatic N) is 2. The average molecular weight is 245 g/mol. The summed E-state index contributed by atoms with van der Waals surface area (Å²) in [6.45, 7) is 2.79. The second kappa shape index (κ2) is 5.69. The van der Waals surface area contributed by atoms with E-state index in [1.54, 1.807) is 12.1 Å². The minimum Gasteiger partial charge on any atom is -0.508 e. The standard InChI is InChI=1S/C14H19N3O/c1-2-12(15)7-13-9-17(10-16-13)8-11-4-3-5-14(18)6-11/h3-6,9-10,12,18H,2,7-8,15H2,1H3. The molecule has 0 spiro atoms. The van der Waals surface area contributed by atoms with Crippen LogP contribution >= 0.6 is 0 Å². The second-order valence-electron chi connectivity index (χ2n) is 4.58. The van der Waals surface area contributed by atoms with Gasteiger partial charge in [0.1, 0.15) is 5.75 Å². The number of imidazole rings is 1. The van der Waals surface area contributed by atoms with Crippen LogP contribution in [0.15, 0.2) is 36.8 Å². The number of nitrogens with two attached hydrogens (primary N) is 1. The fourth-order valence-corrected chi connectivity index (χ4v) is 1.88. The molecule has 0 fully saturated rings. The second-order valence-corrected chi connectivity index (χ2v) is 4.58. The fourth-order valence-electron chi connectivity index (χ4n) is 1.88. The smallest absolute Gasteiger partial charge is 0.115 e. The first-order valence-electron chi connectivity index (χ1n) is 6.21. The van der Waals surface area contributed by atoms with E-state index in [1.807, 2.05) is 29.2 Å². The van der Waals surface area contributed by atoms with Crippen molar-refractivity contribution in [1.29, 1.82) is 0 Å². The molecule has 1 unspecified atom stereocenters. The van der Waals surface area contributed by atoms with Gasteiger partial charge in [-0.25, -0.2) is 4.98 Å². The maximum absolute atomic E-state index is 9.41. The summed E-state index contributed by atoms with van der Waals surface area (Å²) in [7, 11) is 0. The number of rotatable bonds is 5. The van der Waals surface area contributed by atoms with Crippen LogP contribution < -0.4 is 5.73 Å². The van der Waals surface area contributed by atoms with E-state index >= 15 is 0 Å². The zero-order chi connectivity index (χ0) is 13.0. The van der Waals surface area contributed by atoms with Crippen molar-refractivity contribution >= 4 is 0 Å². The Hall–Kier alpha value is -1.81. The van der Waals surface area contributed by atoms with E-state index in [1.165, 1.54) is 0 Å². The number of aromatic nitrogens is 2. The molecular formula is C14H19N3O. The van der Waals surface area contributed by atoms with Gasteiger partial charge in [0.25, 0.3) is 0 Å². The molecule has 1 heterocycles. The molecule has 1 aromatic heterocycles. The van der Waals surface area contributed by atoms with Crippen LogP contribution in [0.5, 0.6) is 5.75 Å². The highest BCUT2D eigenvalue weighted by molar-refractivity contribution is 5.27. The zero-order valence-corrected chi connectivity index (χ0v) is 10.6. The number of aromatic hydroxyl groups is 1. The Balaban J connectivity index is 2.02. The van der Waals surface area contributed by atoms with Crippen LogP contribution in [0.3, 0.4) is 0 Å². The molecule has 0 aliphatic carbocycles. The molecule has 0 saturated heterocycles. The van der Waals surface area contributed by atoms with Crippen molar-refractivity contribution in [2.45, 2.75) is 32.4 Å². The Kier molecular flexibility index (Phi) is 3.99. The van der Waals surface area contributed by atoms with Crippen LogP contribution in [0, 0.1) is 0 Å². The molecule has 0 aliphatic rings. The molecule has 0 radical (unpaired) electrons. The number of hydrogen-bond acceptors (Lipinski definition) is 3. The maximum atomic E-state index is 9.41. The van der Waals surface area contributed by atoms with Crippen molar-refractivity contribution in [1.82, 2.24) is 9.55 Å². The summed E-state index contributed by atoms with van der Waals surface area (Å²) in [4.78, 5) is 4.34. The van der Waals surface area contributed by atoms with E-state index in [9.17, 15) is 5.11 Å². The first-order valence-corrected chi connectivity index (χ1v) is 6.21. The highest BCUT2D eigenvalue weighted by atomic mass is 16.3. The molecule has 1 atom stereocenters. The van der Waals surface area contributed by atoms with Gasteiger partial charge in [0.15, 0.2) is 0 Å². The van der Waals surface area contributed by atoms with Gasteiger partial charge >= 0.3 is 0 Å².